The average molecular weight is 479 g/mol. The van der Waals surface area contributed by atoms with E-state index in [1.807, 2.05) is 6.07 Å². The van der Waals surface area contributed by atoms with Gasteiger partial charge >= 0.3 is 6.18 Å². The number of benzene rings is 2. The third-order valence-corrected chi connectivity index (χ3v) is 5.18. The van der Waals surface area contributed by atoms with Crippen LogP contribution in [0, 0.1) is 6.92 Å². The van der Waals surface area contributed by atoms with Crippen LogP contribution in [0.4, 0.5) is 19.0 Å². The number of hydrogen-bond donors (Lipinski definition) is 2. The van der Waals surface area contributed by atoms with Crippen molar-refractivity contribution in [2.45, 2.75) is 13.1 Å². The highest BCUT2D eigenvalue weighted by molar-refractivity contribution is 6.05. The van der Waals surface area contributed by atoms with Gasteiger partial charge in [0.15, 0.2) is 5.65 Å². The molecule has 0 aliphatic carbocycles. The number of fused-ring (bicyclic) bond motifs is 1. The minimum absolute atomic E-state index is 0.0257. The van der Waals surface area contributed by atoms with Gasteiger partial charge in [0, 0.05) is 6.07 Å². The van der Waals surface area contributed by atoms with Gasteiger partial charge in [-0.25, -0.2) is 4.68 Å². The first-order chi connectivity index (χ1) is 16.7. The van der Waals surface area contributed by atoms with Crippen molar-refractivity contribution in [3.05, 3.63) is 94.0 Å². The largest absolute Gasteiger partial charge is 0.417 e. The van der Waals surface area contributed by atoms with Gasteiger partial charge in [0.2, 0.25) is 5.95 Å². The van der Waals surface area contributed by atoms with E-state index < -0.39 is 28.8 Å². The molecule has 1 amide bonds. The number of nitrogens with one attached hydrogen (secondary N) is 2. The normalized spacial score (nSPS) is 11.7. The van der Waals surface area contributed by atoms with Crippen molar-refractivity contribution in [3.63, 3.8) is 0 Å². The van der Waals surface area contributed by atoms with Crippen LogP contribution < -0.4 is 10.9 Å². The summed E-state index contributed by atoms with van der Waals surface area (Å²) < 4.78 is 42.8. The van der Waals surface area contributed by atoms with Gasteiger partial charge < -0.3 is 5.32 Å². The molecule has 3 heterocycles. The Bertz CT molecular complexity index is 1620. The monoisotopic (exact) mass is 479 g/mol. The van der Waals surface area contributed by atoms with Crippen LogP contribution in [-0.4, -0.2) is 35.4 Å². The Morgan fingerprint density at radius 3 is 2.49 bits per heavy atom. The third-order valence-electron chi connectivity index (χ3n) is 5.18. The summed E-state index contributed by atoms with van der Waals surface area (Å²) in [4.78, 5) is 32.6. The number of anilines is 1. The second-order valence-corrected chi connectivity index (χ2v) is 7.60. The Hall–Kier alpha value is -4.74. The van der Waals surface area contributed by atoms with E-state index in [-0.39, 0.29) is 22.8 Å². The number of aryl methyl sites for hydroxylation is 1. The molecule has 0 radical (unpaired) electrons. The molecular formula is C23H16F3N7O2. The summed E-state index contributed by atoms with van der Waals surface area (Å²) in [6.07, 6.45) is -3.33. The minimum atomic E-state index is -4.71. The number of aromatic nitrogens is 6. The Morgan fingerprint density at radius 2 is 1.74 bits per heavy atom. The lowest BCUT2D eigenvalue weighted by molar-refractivity contribution is -0.137. The number of carbonyl (C=O) groups excluding carboxylic acids is 1. The van der Waals surface area contributed by atoms with Gasteiger partial charge in [0.25, 0.3) is 11.5 Å². The number of hydrogen-bond acceptors (Lipinski definition) is 5. The third kappa shape index (κ3) is 4.05. The van der Waals surface area contributed by atoms with Crippen molar-refractivity contribution in [1.82, 2.24) is 29.5 Å². The smallest absolute Gasteiger partial charge is 0.306 e. The molecule has 2 aromatic carbocycles. The average Bonchev–Trinajstić information content (AvgIpc) is 3.42. The Morgan fingerprint density at radius 1 is 1.03 bits per heavy atom. The van der Waals surface area contributed by atoms with Crippen molar-refractivity contribution >= 4 is 22.8 Å². The van der Waals surface area contributed by atoms with Crippen LogP contribution in [0.15, 0.2) is 71.7 Å². The standard InChI is InChI=1S/C23H16F3N7O2/c1-13-11-18(28-20(34)15-9-5-6-10-17(15)23(24,25)26)33(31-13)22-29-19-16(21(35)30-22)12-27-32(19)14-7-3-2-4-8-14/h2-12H,1H3,(H,28,34)(H,29,30,35). The quantitative estimate of drug-likeness (QED) is 0.407. The van der Waals surface area contributed by atoms with Crippen LogP contribution in [0.5, 0.6) is 0 Å². The van der Waals surface area contributed by atoms with Crippen LogP contribution >= 0.6 is 0 Å². The van der Waals surface area contributed by atoms with E-state index in [0.717, 1.165) is 16.8 Å². The molecule has 3 aromatic heterocycles. The second kappa shape index (κ2) is 8.24. The zero-order valence-electron chi connectivity index (χ0n) is 18.0. The zero-order chi connectivity index (χ0) is 24.7. The van der Waals surface area contributed by atoms with E-state index in [4.69, 9.17) is 0 Å². The first kappa shape index (κ1) is 22.1. The number of H-pyrrole nitrogens is 1. The molecule has 0 fully saturated rings. The number of carbonyl (C=O) groups is 1. The van der Waals surface area contributed by atoms with Crippen molar-refractivity contribution in [1.29, 1.82) is 0 Å². The molecular weight excluding hydrogens is 463 g/mol. The van der Waals surface area contributed by atoms with Crippen LogP contribution in [0.3, 0.4) is 0 Å². The highest BCUT2D eigenvalue weighted by Crippen LogP contribution is 2.32. The molecule has 0 unspecified atom stereocenters. The Kier molecular flexibility index (Phi) is 5.20. The first-order valence-corrected chi connectivity index (χ1v) is 10.3. The number of aromatic amines is 1. The molecule has 9 nitrogen and oxygen atoms in total. The highest BCUT2D eigenvalue weighted by Gasteiger charge is 2.35. The fourth-order valence-electron chi connectivity index (χ4n) is 3.63. The molecule has 5 rings (SSSR count). The SMILES string of the molecule is Cc1cc(NC(=O)c2ccccc2C(F)(F)F)n(-c2nc3c(cnn3-c3ccccc3)c(=O)[nH]2)n1. The number of para-hydroxylation sites is 1. The maximum atomic E-state index is 13.4. The van der Waals surface area contributed by atoms with Crippen molar-refractivity contribution in [3.8, 4) is 11.6 Å². The van der Waals surface area contributed by atoms with Gasteiger partial charge in [0.1, 0.15) is 11.2 Å². The van der Waals surface area contributed by atoms with Gasteiger partial charge in [-0.05, 0) is 31.2 Å². The summed E-state index contributed by atoms with van der Waals surface area (Å²) in [6, 6.07) is 14.9. The molecule has 0 bridgehead atoms. The predicted octanol–water partition coefficient (Wildman–Crippen LogP) is 3.87. The zero-order valence-corrected chi connectivity index (χ0v) is 18.0. The van der Waals surface area contributed by atoms with E-state index in [0.29, 0.717) is 11.4 Å². The fourth-order valence-corrected chi connectivity index (χ4v) is 3.63. The molecule has 35 heavy (non-hydrogen) atoms. The number of amides is 1. The maximum Gasteiger partial charge on any atom is 0.417 e. The van der Waals surface area contributed by atoms with Crippen molar-refractivity contribution < 1.29 is 18.0 Å². The Balaban J connectivity index is 1.58. The van der Waals surface area contributed by atoms with Gasteiger partial charge in [-0.1, -0.05) is 30.3 Å². The fraction of sp³-hybridized carbons (Fsp3) is 0.0870. The number of nitrogens with zero attached hydrogens (tertiary/aromatic N) is 5. The molecule has 12 heteroatoms. The molecule has 5 aromatic rings. The first-order valence-electron chi connectivity index (χ1n) is 10.3. The van der Waals surface area contributed by atoms with Crippen LogP contribution in [0.1, 0.15) is 21.6 Å². The number of halogens is 3. The summed E-state index contributed by atoms with van der Waals surface area (Å²) in [7, 11) is 0. The van der Waals surface area contributed by atoms with Crippen LogP contribution in [0.2, 0.25) is 0 Å². The maximum absolute atomic E-state index is 13.4. The van der Waals surface area contributed by atoms with Gasteiger partial charge in [0.05, 0.1) is 28.7 Å². The molecule has 2 N–H and O–H groups in total. The summed E-state index contributed by atoms with van der Waals surface area (Å²) in [6.45, 7) is 1.63. The lowest BCUT2D eigenvalue weighted by Gasteiger charge is -2.13. The van der Waals surface area contributed by atoms with Gasteiger partial charge in [-0.3, -0.25) is 14.6 Å². The van der Waals surface area contributed by atoms with Gasteiger partial charge in [-0.2, -0.15) is 33.0 Å². The molecule has 0 saturated heterocycles. The van der Waals surface area contributed by atoms with E-state index in [1.165, 1.54) is 29.1 Å². The summed E-state index contributed by atoms with van der Waals surface area (Å²) >= 11 is 0. The van der Waals surface area contributed by atoms with Crippen molar-refractivity contribution in [2.75, 3.05) is 5.32 Å². The predicted molar refractivity (Wildman–Crippen MR) is 121 cm³/mol. The summed E-state index contributed by atoms with van der Waals surface area (Å²) in [5.41, 5.74) is -0.781. The molecule has 0 aliphatic heterocycles. The van der Waals surface area contributed by atoms with E-state index in [1.54, 1.807) is 31.2 Å². The number of rotatable bonds is 4. The van der Waals surface area contributed by atoms with E-state index in [2.05, 4.69) is 25.5 Å². The molecule has 0 aliphatic rings. The molecule has 176 valence electrons. The van der Waals surface area contributed by atoms with E-state index in [9.17, 15) is 22.8 Å². The molecule has 0 spiro atoms. The van der Waals surface area contributed by atoms with Crippen LogP contribution in [-0.2, 0) is 6.18 Å². The summed E-state index contributed by atoms with van der Waals surface area (Å²) in [5, 5.41) is 11.2. The number of alkyl halides is 3. The van der Waals surface area contributed by atoms with Gasteiger partial charge in [-0.15, -0.1) is 0 Å². The van der Waals surface area contributed by atoms with Crippen molar-refractivity contribution in [2.24, 2.45) is 0 Å². The molecule has 0 atom stereocenters. The summed E-state index contributed by atoms with van der Waals surface area (Å²) in [5.74, 6) is -1.01. The van der Waals surface area contributed by atoms with E-state index >= 15 is 0 Å². The molecule has 0 saturated carbocycles. The minimum Gasteiger partial charge on any atom is -0.306 e. The highest BCUT2D eigenvalue weighted by atomic mass is 19.4. The Labute approximate surface area is 194 Å². The van der Waals surface area contributed by atoms with Crippen LogP contribution in [0.25, 0.3) is 22.7 Å². The lowest BCUT2D eigenvalue weighted by Crippen LogP contribution is -2.21. The topological polar surface area (TPSA) is 110 Å². The second-order valence-electron chi connectivity index (χ2n) is 7.60. The lowest BCUT2D eigenvalue weighted by atomic mass is 10.1.